The standard InChI is InChI=1S/C19H23ClN4O4S/c20-16-3-1-15(2-4-16)19-21-17(28-22-19)12-23-6-8-24(9-7-23)18(25)11-14-5-10-29(26,27)13-14/h1-4,14H,5-13H2. The monoisotopic (exact) mass is 438 g/mol. The van der Waals surface area contributed by atoms with Crippen LogP contribution in [0, 0.1) is 5.92 Å². The third-order valence-corrected chi connectivity index (χ3v) is 7.53. The van der Waals surface area contributed by atoms with Gasteiger partial charge in [0.05, 0.1) is 18.1 Å². The number of halogens is 1. The zero-order valence-corrected chi connectivity index (χ0v) is 17.5. The number of nitrogens with zero attached hydrogens (tertiary/aromatic N) is 4. The number of rotatable bonds is 5. The van der Waals surface area contributed by atoms with Crippen molar-refractivity contribution in [2.24, 2.45) is 5.92 Å². The van der Waals surface area contributed by atoms with Gasteiger partial charge in [-0.2, -0.15) is 4.98 Å². The summed E-state index contributed by atoms with van der Waals surface area (Å²) in [5, 5.41) is 4.68. The highest BCUT2D eigenvalue weighted by atomic mass is 35.5. The van der Waals surface area contributed by atoms with Gasteiger partial charge in [-0.05, 0) is 36.6 Å². The lowest BCUT2D eigenvalue weighted by Crippen LogP contribution is -2.48. The fourth-order valence-electron chi connectivity index (χ4n) is 3.79. The maximum absolute atomic E-state index is 12.5. The van der Waals surface area contributed by atoms with Crippen LogP contribution in [-0.2, 0) is 21.2 Å². The molecule has 0 bridgehead atoms. The number of benzene rings is 1. The number of piperazine rings is 1. The average Bonchev–Trinajstić information content (AvgIpc) is 3.29. The Bertz CT molecular complexity index is 968. The van der Waals surface area contributed by atoms with Crippen molar-refractivity contribution in [2.45, 2.75) is 19.4 Å². The molecule has 29 heavy (non-hydrogen) atoms. The summed E-state index contributed by atoms with van der Waals surface area (Å²) in [7, 11) is -2.94. The minimum atomic E-state index is -2.94. The lowest BCUT2D eigenvalue weighted by atomic mass is 10.0. The Labute approximate surface area is 174 Å². The molecule has 2 aliphatic rings. The molecule has 0 aliphatic carbocycles. The summed E-state index contributed by atoms with van der Waals surface area (Å²) in [6, 6.07) is 7.25. The molecule has 2 aromatic rings. The van der Waals surface area contributed by atoms with Crippen LogP contribution >= 0.6 is 11.6 Å². The second-order valence-electron chi connectivity index (χ2n) is 7.65. The molecule has 2 aliphatic heterocycles. The Kier molecular flexibility index (Phi) is 5.89. The molecule has 0 spiro atoms. The second kappa shape index (κ2) is 8.41. The van der Waals surface area contributed by atoms with Crippen LogP contribution in [-0.4, -0.2) is 72.0 Å². The van der Waals surface area contributed by atoms with Crippen molar-refractivity contribution in [2.75, 3.05) is 37.7 Å². The first-order valence-corrected chi connectivity index (χ1v) is 11.9. The minimum Gasteiger partial charge on any atom is -0.340 e. The van der Waals surface area contributed by atoms with Crippen molar-refractivity contribution in [3.63, 3.8) is 0 Å². The van der Waals surface area contributed by atoms with Crippen LogP contribution in [0.25, 0.3) is 11.4 Å². The number of carbonyl (C=O) groups excluding carboxylic acids is 1. The molecule has 1 aromatic heterocycles. The lowest BCUT2D eigenvalue weighted by molar-refractivity contribution is -0.133. The molecule has 8 nitrogen and oxygen atoms in total. The third kappa shape index (κ3) is 5.15. The van der Waals surface area contributed by atoms with Gasteiger partial charge in [0.1, 0.15) is 0 Å². The molecule has 1 amide bonds. The van der Waals surface area contributed by atoms with Crippen molar-refractivity contribution >= 4 is 27.3 Å². The minimum absolute atomic E-state index is 0.0322. The van der Waals surface area contributed by atoms with E-state index in [2.05, 4.69) is 15.0 Å². The molecule has 156 valence electrons. The average molecular weight is 439 g/mol. The van der Waals surface area contributed by atoms with Crippen molar-refractivity contribution in [3.05, 3.63) is 35.2 Å². The van der Waals surface area contributed by atoms with Crippen molar-refractivity contribution in [3.8, 4) is 11.4 Å². The van der Waals surface area contributed by atoms with Crippen LogP contribution in [0.1, 0.15) is 18.7 Å². The molecular weight excluding hydrogens is 416 g/mol. The molecule has 0 saturated carbocycles. The van der Waals surface area contributed by atoms with Crippen LogP contribution in [0.3, 0.4) is 0 Å². The summed E-state index contributed by atoms with van der Waals surface area (Å²) in [5.41, 5.74) is 0.841. The first-order chi connectivity index (χ1) is 13.9. The summed E-state index contributed by atoms with van der Waals surface area (Å²) >= 11 is 5.90. The van der Waals surface area contributed by atoms with Gasteiger partial charge in [0.2, 0.25) is 17.6 Å². The maximum atomic E-state index is 12.5. The predicted octanol–water partition coefficient (Wildman–Crippen LogP) is 1.86. The molecule has 1 unspecified atom stereocenters. The van der Waals surface area contributed by atoms with E-state index in [-0.39, 0.29) is 23.3 Å². The number of carbonyl (C=O) groups is 1. The first-order valence-electron chi connectivity index (χ1n) is 9.67. The molecule has 1 aromatic carbocycles. The van der Waals surface area contributed by atoms with Gasteiger partial charge < -0.3 is 9.42 Å². The molecule has 3 heterocycles. The zero-order chi connectivity index (χ0) is 20.4. The van der Waals surface area contributed by atoms with Crippen LogP contribution in [0.5, 0.6) is 0 Å². The fourth-order valence-corrected chi connectivity index (χ4v) is 5.78. The highest BCUT2D eigenvalue weighted by molar-refractivity contribution is 7.91. The van der Waals surface area contributed by atoms with Gasteiger partial charge in [-0.1, -0.05) is 16.8 Å². The van der Waals surface area contributed by atoms with E-state index < -0.39 is 9.84 Å². The van der Waals surface area contributed by atoms with Gasteiger partial charge in [0.25, 0.3) is 0 Å². The van der Waals surface area contributed by atoms with Gasteiger partial charge in [0, 0.05) is 43.2 Å². The Balaban J connectivity index is 1.26. The van der Waals surface area contributed by atoms with Crippen molar-refractivity contribution in [1.29, 1.82) is 0 Å². The van der Waals surface area contributed by atoms with Crippen LogP contribution in [0.15, 0.2) is 28.8 Å². The van der Waals surface area contributed by atoms with E-state index in [1.54, 1.807) is 12.1 Å². The number of hydrogen-bond donors (Lipinski definition) is 0. The Morgan fingerprint density at radius 2 is 1.90 bits per heavy atom. The summed E-state index contributed by atoms with van der Waals surface area (Å²) in [4.78, 5) is 20.9. The molecule has 10 heteroatoms. The zero-order valence-electron chi connectivity index (χ0n) is 16.0. The Hall–Kier alpha value is -1.97. The van der Waals surface area contributed by atoms with Crippen LogP contribution in [0.2, 0.25) is 5.02 Å². The summed E-state index contributed by atoms with van der Waals surface area (Å²) < 4.78 is 28.5. The molecule has 4 rings (SSSR count). The summed E-state index contributed by atoms with van der Waals surface area (Å²) in [6.07, 6.45) is 0.925. The molecule has 0 radical (unpaired) electrons. The quantitative estimate of drug-likeness (QED) is 0.702. The van der Waals surface area contributed by atoms with Gasteiger partial charge in [-0.25, -0.2) is 8.42 Å². The SMILES string of the molecule is O=C(CC1CCS(=O)(=O)C1)N1CCN(Cc2nc(-c3ccc(Cl)cc3)no2)CC1. The van der Waals surface area contributed by atoms with E-state index in [4.69, 9.17) is 16.1 Å². The molecule has 2 fully saturated rings. The van der Waals surface area contributed by atoms with E-state index in [9.17, 15) is 13.2 Å². The fraction of sp³-hybridized carbons (Fsp3) is 0.526. The topological polar surface area (TPSA) is 96.6 Å². The first kappa shape index (κ1) is 20.3. The van der Waals surface area contributed by atoms with E-state index >= 15 is 0 Å². The molecule has 1 atom stereocenters. The van der Waals surface area contributed by atoms with Crippen LogP contribution in [0.4, 0.5) is 0 Å². The van der Waals surface area contributed by atoms with Crippen molar-refractivity contribution < 1.29 is 17.7 Å². The molecule has 2 saturated heterocycles. The van der Waals surface area contributed by atoms with Gasteiger partial charge >= 0.3 is 0 Å². The van der Waals surface area contributed by atoms with E-state index in [0.717, 1.165) is 5.56 Å². The molecular formula is C19H23ClN4O4S. The van der Waals surface area contributed by atoms with Gasteiger partial charge in [-0.15, -0.1) is 0 Å². The lowest BCUT2D eigenvalue weighted by Gasteiger charge is -2.34. The van der Waals surface area contributed by atoms with E-state index in [1.165, 1.54) is 0 Å². The number of sulfone groups is 1. The summed E-state index contributed by atoms with van der Waals surface area (Å²) in [6.45, 7) is 3.21. The highest BCUT2D eigenvalue weighted by Gasteiger charge is 2.31. The van der Waals surface area contributed by atoms with Gasteiger partial charge in [-0.3, -0.25) is 9.69 Å². The largest absolute Gasteiger partial charge is 0.340 e. The smallest absolute Gasteiger partial charge is 0.241 e. The summed E-state index contributed by atoms with van der Waals surface area (Å²) in [5.74, 6) is 1.43. The number of hydrogen-bond acceptors (Lipinski definition) is 7. The Morgan fingerprint density at radius 1 is 1.17 bits per heavy atom. The van der Waals surface area contributed by atoms with E-state index in [0.29, 0.717) is 62.3 Å². The maximum Gasteiger partial charge on any atom is 0.241 e. The highest BCUT2D eigenvalue weighted by Crippen LogP contribution is 2.23. The number of amides is 1. The molecule has 0 N–H and O–H groups in total. The van der Waals surface area contributed by atoms with E-state index in [1.807, 2.05) is 17.0 Å². The normalized spacial score (nSPS) is 22.1. The Morgan fingerprint density at radius 3 is 2.55 bits per heavy atom. The van der Waals surface area contributed by atoms with Gasteiger partial charge in [0.15, 0.2) is 9.84 Å². The van der Waals surface area contributed by atoms with Crippen molar-refractivity contribution in [1.82, 2.24) is 19.9 Å². The third-order valence-electron chi connectivity index (χ3n) is 5.44. The predicted molar refractivity (Wildman–Crippen MR) is 108 cm³/mol. The van der Waals surface area contributed by atoms with Crippen LogP contribution < -0.4 is 0 Å². The second-order valence-corrected chi connectivity index (χ2v) is 10.3. The number of aromatic nitrogens is 2.